The number of carbonyl (C=O) groups is 2. The SMILES string of the molecule is O=C(NNC(=O)c1cc(-c2ccccc2)nc2ccccc12)c1cccc([N+](=O)[O-])c1. The van der Waals surface area contributed by atoms with Crippen LogP contribution in [0.3, 0.4) is 0 Å². The van der Waals surface area contributed by atoms with Gasteiger partial charge in [0.25, 0.3) is 17.5 Å². The van der Waals surface area contributed by atoms with Gasteiger partial charge in [-0.3, -0.25) is 30.6 Å². The molecule has 0 bridgehead atoms. The van der Waals surface area contributed by atoms with Crippen LogP contribution in [-0.4, -0.2) is 21.7 Å². The van der Waals surface area contributed by atoms with Crippen molar-refractivity contribution in [2.24, 2.45) is 0 Å². The van der Waals surface area contributed by atoms with Crippen molar-refractivity contribution in [3.8, 4) is 11.3 Å². The van der Waals surface area contributed by atoms with Gasteiger partial charge >= 0.3 is 0 Å². The van der Waals surface area contributed by atoms with Crippen LogP contribution >= 0.6 is 0 Å². The molecule has 1 heterocycles. The van der Waals surface area contributed by atoms with Crippen molar-refractivity contribution in [1.82, 2.24) is 15.8 Å². The highest BCUT2D eigenvalue weighted by atomic mass is 16.6. The van der Waals surface area contributed by atoms with Crippen molar-refractivity contribution < 1.29 is 14.5 Å². The number of pyridine rings is 1. The molecule has 31 heavy (non-hydrogen) atoms. The molecule has 4 aromatic rings. The molecule has 4 rings (SSSR count). The van der Waals surface area contributed by atoms with Crippen molar-refractivity contribution in [3.05, 3.63) is 106 Å². The van der Waals surface area contributed by atoms with Crippen molar-refractivity contribution >= 4 is 28.4 Å². The highest BCUT2D eigenvalue weighted by Crippen LogP contribution is 2.24. The van der Waals surface area contributed by atoms with Crippen LogP contribution in [0.5, 0.6) is 0 Å². The molecule has 0 aliphatic carbocycles. The van der Waals surface area contributed by atoms with Gasteiger partial charge in [-0.05, 0) is 18.2 Å². The molecular weight excluding hydrogens is 396 g/mol. The second kappa shape index (κ2) is 8.42. The van der Waals surface area contributed by atoms with Gasteiger partial charge in [-0.25, -0.2) is 4.98 Å². The number of amides is 2. The molecule has 0 aliphatic heterocycles. The van der Waals surface area contributed by atoms with Crippen LogP contribution in [0.25, 0.3) is 22.2 Å². The van der Waals surface area contributed by atoms with E-state index in [1.165, 1.54) is 18.2 Å². The molecule has 0 atom stereocenters. The molecule has 8 heteroatoms. The largest absolute Gasteiger partial charge is 0.270 e. The van der Waals surface area contributed by atoms with Crippen molar-refractivity contribution in [1.29, 1.82) is 0 Å². The molecule has 3 aromatic carbocycles. The standard InChI is InChI=1S/C23H16N4O4/c28-22(16-9-6-10-17(13-16)27(30)31)25-26-23(29)19-14-21(15-7-2-1-3-8-15)24-20-12-5-4-11-18(19)20/h1-14H,(H,25,28)(H,26,29). The molecule has 0 saturated carbocycles. The van der Waals surface area contributed by atoms with Crippen molar-refractivity contribution in [2.75, 3.05) is 0 Å². The van der Waals surface area contributed by atoms with Gasteiger partial charge in [0.1, 0.15) is 0 Å². The van der Waals surface area contributed by atoms with Gasteiger partial charge in [-0.2, -0.15) is 0 Å². The van der Waals surface area contributed by atoms with Gasteiger partial charge in [-0.1, -0.05) is 54.6 Å². The molecule has 0 radical (unpaired) electrons. The minimum atomic E-state index is -0.668. The maximum absolute atomic E-state index is 12.9. The first-order valence-corrected chi connectivity index (χ1v) is 9.33. The lowest BCUT2D eigenvalue weighted by molar-refractivity contribution is -0.384. The number of nitrogens with one attached hydrogen (secondary N) is 2. The molecule has 0 unspecified atom stereocenters. The Balaban J connectivity index is 1.61. The number of benzene rings is 3. The monoisotopic (exact) mass is 412 g/mol. The predicted octanol–water partition coefficient (Wildman–Crippen LogP) is 3.88. The van der Waals surface area contributed by atoms with Crippen LogP contribution in [0, 0.1) is 10.1 Å². The third-order valence-corrected chi connectivity index (χ3v) is 4.64. The zero-order valence-corrected chi connectivity index (χ0v) is 16.1. The number of fused-ring (bicyclic) bond motifs is 1. The Hall–Kier alpha value is -4.59. The van der Waals surface area contributed by atoms with Crippen LogP contribution in [0.2, 0.25) is 0 Å². The number of para-hydroxylation sites is 1. The Morgan fingerprint density at radius 3 is 2.29 bits per heavy atom. The average molecular weight is 412 g/mol. The van der Waals surface area contributed by atoms with Crippen LogP contribution in [0.4, 0.5) is 5.69 Å². The smallest absolute Gasteiger partial charge is 0.267 e. The zero-order chi connectivity index (χ0) is 21.8. The van der Waals surface area contributed by atoms with Gasteiger partial charge in [0.2, 0.25) is 0 Å². The quantitative estimate of drug-likeness (QED) is 0.390. The molecule has 0 fully saturated rings. The number of hydrogen-bond acceptors (Lipinski definition) is 5. The first-order chi connectivity index (χ1) is 15.0. The molecule has 0 aliphatic rings. The van der Waals surface area contributed by atoms with Gasteiger partial charge in [0, 0.05) is 28.6 Å². The van der Waals surface area contributed by atoms with Gasteiger partial charge < -0.3 is 0 Å². The maximum atomic E-state index is 12.9. The summed E-state index contributed by atoms with van der Waals surface area (Å²) in [5.74, 6) is -1.20. The van der Waals surface area contributed by atoms with Gasteiger partial charge in [-0.15, -0.1) is 0 Å². The fourth-order valence-electron chi connectivity index (χ4n) is 3.13. The van der Waals surface area contributed by atoms with Crippen LogP contribution in [0.15, 0.2) is 84.9 Å². The van der Waals surface area contributed by atoms with Crippen LogP contribution in [-0.2, 0) is 0 Å². The zero-order valence-electron chi connectivity index (χ0n) is 16.1. The summed E-state index contributed by atoms with van der Waals surface area (Å²) < 4.78 is 0. The fraction of sp³-hybridized carbons (Fsp3) is 0. The Kier molecular flexibility index (Phi) is 5.35. The summed E-state index contributed by atoms with van der Waals surface area (Å²) in [4.78, 5) is 40.2. The number of nitro benzene ring substituents is 1. The van der Waals surface area contributed by atoms with Crippen molar-refractivity contribution in [2.45, 2.75) is 0 Å². The fourth-order valence-corrected chi connectivity index (χ4v) is 3.13. The Morgan fingerprint density at radius 2 is 1.52 bits per heavy atom. The number of nitro groups is 1. The molecule has 0 spiro atoms. The summed E-state index contributed by atoms with van der Waals surface area (Å²) in [6.07, 6.45) is 0. The van der Waals surface area contributed by atoms with E-state index in [1.807, 2.05) is 36.4 Å². The number of rotatable bonds is 4. The second-order valence-corrected chi connectivity index (χ2v) is 6.65. The van der Waals surface area contributed by atoms with E-state index in [2.05, 4.69) is 15.8 Å². The summed E-state index contributed by atoms with van der Waals surface area (Å²) >= 11 is 0. The topological polar surface area (TPSA) is 114 Å². The van der Waals surface area contributed by atoms with E-state index < -0.39 is 16.7 Å². The number of non-ortho nitro benzene ring substituents is 1. The number of aromatic nitrogens is 1. The van der Waals surface area contributed by atoms with E-state index in [0.29, 0.717) is 22.2 Å². The molecular formula is C23H16N4O4. The van der Waals surface area contributed by atoms with Gasteiger partial charge in [0.15, 0.2) is 0 Å². The molecule has 152 valence electrons. The van der Waals surface area contributed by atoms with E-state index in [4.69, 9.17) is 0 Å². The van der Waals surface area contributed by atoms with Crippen LogP contribution < -0.4 is 10.9 Å². The van der Waals surface area contributed by atoms with Gasteiger partial charge in [0.05, 0.1) is 21.7 Å². The molecule has 0 saturated heterocycles. The lowest BCUT2D eigenvalue weighted by Gasteiger charge is -2.11. The average Bonchev–Trinajstić information content (AvgIpc) is 2.82. The molecule has 2 N–H and O–H groups in total. The Bertz CT molecular complexity index is 1310. The number of nitrogens with zero attached hydrogens (tertiary/aromatic N) is 2. The van der Waals surface area contributed by atoms with E-state index in [0.717, 1.165) is 11.6 Å². The third-order valence-electron chi connectivity index (χ3n) is 4.64. The lowest BCUT2D eigenvalue weighted by Crippen LogP contribution is -2.41. The normalized spacial score (nSPS) is 10.5. The molecule has 2 amide bonds. The summed E-state index contributed by atoms with van der Waals surface area (Å²) in [5, 5.41) is 11.5. The van der Waals surface area contributed by atoms with E-state index in [-0.39, 0.29) is 11.3 Å². The van der Waals surface area contributed by atoms with Crippen molar-refractivity contribution in [3.63, 3.8) is 0 Å². The second-order valence-electron chi connectivity index (χ2n) is 6.65. The Labute approximate surface area is 176 Å². The minimum absolute atomic E-state index is 0.0547. The number of carbonyl (C=O) groups excluding carboxylic acids is 2. The highest BCUT2D eigenvalue weighted by molar-refractivity contribution is 6.08. The first-order valence-electron chi connectivity index (χ1n) is 9.33. The molecule has 1 aromatic heterocycles. The lowest BCUT2D eigenvalue weighted by atomic mass is 10.0. The third kappa shape index (κ3) is 4.23. The predicted molar refractivity (Wildman–Crippen MR) is 115 cm³/mol. The summed E-state index contributed by atoms with van der Waals surface area (Å²) in [6, 6.07) is 23.5. The molecule has 8 nitrogen and oxygen atoms in total. The highest BCUT2D eigenvalue weighted by Gasteiger charge is 2.16. The Morgan fingerprint density at radius 1 is 0.806 bits per heavy atom. The number of hydrogen-bond donors (Lipinski definition) is 2. The summed E-state index contributed by atoms with van der Waals surface area (Å²) in [6.45, 7) is 0. The van der Waals surface area contributed by atoms with E-state index in [1.54, 1.807) is 24.3 Å². The minimum Gasteiger partial charge on any atom is -0.267 e. The summed E-state index contributed by atoms with van der Waals surface area (Å²) in [5.41, 5.74) is 6.97. The van der Waals surface area contributed by atoms with Crippen LogP contribution in [0.1, 0.15) is 20.7 Å². The maximum Gasteiger partial charge on any atom is 0.270 e. The first kappa shape index (κ1) is 19.7. The van der Waals surface area contributed by atoms with E-state index in [9.17, 15) is 19.7 Å². The number of hydrazine groups is 1. The summed E-state index contributed by atoms with van der Waals surface area (Å²) in [7, 11) is 0. The van der Waals surface area contributed by atoms with E-state index >= 15 is 0 Å².